The summed E-state index contributed by atoms with van der Waals surface area (Å²) in [5.41, 5.74) is 2.55. The summed E-state index contributed by atoms with van der Waals surface area (Å²) in [4.78, 5) is 8.56. The van der Waals surface area contributed by atoms with Crippen LogP contribution in [0.15, 0.2) is 127 Å². The molecule has 0 aliphatic rings. The molecule has 0 fully saturated rings. The quantitative estimate of drug-likeness (QED) is 0.341. The lowest BCUT2D eigenvalue weighted by Crippen LogP contribution is -1.81. The van der Waals surface area contributed by atoms with Crippen LogP contribution in [0.1, 0.15) is 0 Å². The molecule has 0 aliphatic carbocycles. The first kappa shape index (κ1) is 23.0. The topological polar surface area (TPSA) is 77.8 Å². The van der Waals surface area contributed by atoms with Gasteiger partial charge in [-0.15, -0.1) is 0 Å². The molecule has 0 saturated carbocycles. The number of benzene rings is 4. The van der Waals surface area contributed by atoms with E-state index in [1.807, 2.05) is 54.6 Å². The van der Waals surface area contributed by atoms with E-state index in [1.54, 1.807) is 24.3 Å². The minimum Gasteiger partial charge on any atom is -0.508 e. The maximum atomic E-state index is 8.63. The molecule has 4 aromatic rings. The van der Waals surface area contributed by atoms with Crippen molar-refractivity contribution in [2.45, 2.75) is 0 Å². The first-order valence-electron chi connectivity index (χ1n) is 8.86. The highest BCUT2D eigenvalue weighted by Gasteiger charge is 1.91. The Morgan fingerprint density at radius 1 is 0.448 bits per heavy atom. The maximum absolute atomic E-state index is 8.63. The van der Waals surface area contributed by atoms with E-state index in [0.29, 0.717) is 5.75 Å². The Balaban J connectivity index is 0.000000212. The number of hydrogen-bond donors (Lipinski definition) is 3. The summed E-state index contributed by atoms with van der Waals surface area (Å²) in [7, 11) is 0. The van der Waals surface area contributed by atoms with E-state index in [2.05, 4.69) is 48.5 Å². The van der Waals surface area contributed by atoms with Gasteiger partial charge in [-0.2, -0.15) is 0 Å². The molecule has 4 nitrogen and oxygen atoms in total. The summed E-state index contributed by atoms with van der Waals surface area (Å²) in [5, 5.41) is 22.6. The highest BCUT2D eigenvalue weighted by atomic mass is 16.6. The second-order valence-electron chi connectivity index (χ2n) is 5.50. The van der Waals surface area contributed by atoms with Crippen LogP contribution in [0.5, 0.6) is 5.75 Å². The van der Waals surface area contributed by atoms with Crippen molar-refractivity contribution in [2.24, 2.45) is 0 Å². The molecule has 0 unspecified atom stereocenters. The van der Waals surface area contributed by atoms with Crippen LogP contribution in [0.4, 0.5) is 4.79 Å². The van der Waals surface area contributed by atoms with E-state index in [0.717, 1.165) is 0 Å². The Morgan fingerprint density at radius 3 is 0.862 bits per heavy atom. The fourth-order valence-corrected chi connectivity index (χ4v) is 2.07. The average Bonchev–Trinajstić information content (AvgIpc) is 2.77. The lowest BCUT2D eigenvalue weighted by Gasteiger charge is -1.98. The third kappa shape index (κ3) is 12.9. The van der Waals surface area contributed by atoms with E-state index in [4.69, 9.17) is 20.1 Å². The third-order valence-corrected chi connectivity index (χ3v) is 3.30. The second-order valence-corrected chi connectivity index (χ2v) is 5.50. The summed E-state index contributed by atoms with van der Waals surface area (Å²) in [5.74, 6) is 0.322. The van der Waals surface area contributed by atoms with Crippen LogP contribution in [0.25, 0.3) is 11.1 Å². The van der Waals surface area contributed by atoms with E-state index in [1.165, 1.54) is 11.1 Å². The van der Waals surface area contributed by atoms with Crippen molar-refractivity contribution >= 4 is 6.16 Å². The molecule has 0 amide bonds. The molecule has 0 aromatic heterocycles. The predicted octanol–water partition coefficient (Wildman–Crippen LogP) is 6.65. The largest absolute Gasteiger partial charge is 0.508 e. The summed E-state index contributed by atoms with van der Waals surface area (Å²) in [6, 6.07) is 41.5. The fourth-order valence-electron chi connectivity index (χ4n) is 2.07. The molecule has 4 heteroatoms. The van der Waals surface area contributed by atoms with Crippen molar-refractivity contribution in [3.63, 3.8) is 0 Å². The Bertz CT molecular complexity index is 813. The first-order valence-corrected chi connectivity index (χ1v) is 8.86. The number of para-hydroxylation sites is 1. The van der Waals surface area contributed by atoms with E-state index < -0.39 is 6.16 Å². The Hall–Kier alpha value is -4.05. The van der Waals surface area contributed by atoms with Crippen LogP contribution < -0.4 is 0 Å². The second kappa shape index (κ2) is 15.1. The summed E-state index contributed by atoms with van der Waals surface area (Å²) in [6.07, 6.45) is -1.83. The molecule has 0 aliphatic heterocycles. The van der Waals surface area contributed by atoms with Gasteiger partial charge in [0, 0.05) is 0 Å². The van der Waals surface area contributed by atoms with Crippen LogP contribution in [-0.2, 0) is 0 Å². The molecule has 0 bridgehead atoms. The highest BCUT2D eigenvalue weighted by Crippen LogP contribution is 2.17. The monoisotopic (exact) mass is 388 g/mol. The summed E-state index contributed by atoms with van der Waals surface area (Å²) < 4.78 is 0. The SMILES string of the molecule is O=C(O)O.Oc1ccccc1.c1ccc(-c2ccccc2)cc1.c1ccccc1. The lowest BCUT2D eigenvalue weighted by atomic mass is 10.1. The minimum absolute atomic E-state index is 0.322. The van der Waals surface area contributed by atoms with Crippen molar-refractivity contribution < 1.29 is 20.1 Å². The summed E-state index contributed by atoms with van der Waals surface area (Å²) >= 11 is 0. The van der Waals surface area contributed by atoms with Gasteiger partial charge in [0.2, 0.25) is 0 Å². The van der Waals surface area contributed by atoms with Gasteiger partial charge < -0.3 is 15.3 Å². The third-order valence-electron chi connectivity index (χ3n) is 3.30. The molecular weight excluding hydrogens is 364 g/mol. The summed E-state index contributed by atoms with van der Waals surface area (Å²) in [6.45, 7) is 0. The number of phenols is 1. The molecule has 0 atom stereocenters. The Morgan fingerprint density at radius 2 is 0.655 bits per heavy atom. The Kier molecular flexibility index (Phi) is 11.9. The molecule has 29 heavy (non-hydrogen) atoms. The number of carbonyl (C=O) groups is 1. The maximum Gasteiger partial charge on any atom is 0.503 e. The van der Waals surface area contributed by atoms with E-state index in [9.17, 15) is 0 Å². The molecule has 3 N–H and O–H groups in total. The zero-order valence-electron chi connectivity index (χ0n) is 15.9. The van der Waals surface area contributed by atoms with Crippen LogP contribution in [0, 0.1) is 0 Å². The van der Waals surface area contributed by atoms with Crippen molar-refractivity contribution in [1.82, 2.24) is 0 Å². The molecule has 0 saturated heterocycles. The zero-order valence-corrected chi connectivity index (χ0v) is 15.9. The molecular formula is C25H24O4. The van der Waals surface area contributed by atoms with Crippen LogP contribution in [-0.4, -0.2) is 21.5 Å². The zero-order chi connectivity index (χ0) is 21.2. The smallest absolute Gasteiger partial charge is 0.503 e. The molecule has 0 radical (unpaired) electrons. The van der Waals surface area contributed by atoms with Crippen LogP contribution in [0.2, 0.25) is 0 Å². The molecule has 0 spiro atoms. The van der Waals surface area contributed by atoms with Gasteiger partial charge in [0.05, 0.1) is 0 Å². The average molecular weight is 388 g/mol. The van der Waals surface area contributed by atoms with Gasteiger partial charge in [0.25, 0.3) is 0 Å². The normalized spacial score (nSPS) is 8.55. The minimum atomic E-state index is -1.83. The van der Waals surface area contributed by atoms with E-state index in [-0.39, 0.29) is 0 Å². The van der Waals surface area contributed by atoms with Gasteiger partial charge in [-0.1, -0.05) is 115 Å². The lowest BCUT2D eigenvalue weighted by molar-refractivity contribution is 0.137. The Labute approximate surface area is 171 Å². The standard InChI is InChI=1S/C12H10.C6H6O.C6H6.CH2O3/c1-3-7-11(8-4-1)12-9-5-2-6-10-12;7-6-4-2-1-3-5-6;1-2-4-6-5-3-1;2-1(3)4/h1-10H;1-5,7H;1-6H;(H2,2,3,4). The van der Waals surface area contributed by atoms with Gasteiger partial charge >= 0.3 is 6.16 Å². The van der Waals surface area contributed by atoms with E-state index >= 15 is 0 Å². The van der Waals surface area contributed by atoms with Gasteiger partial charge in [0.1, 0.15) is 5.75 Å². The number of hydrogen-bond acceptors (Lipinski definition) is 2. The van der Waals surface area contributed by atoms with Gasteiger partial charge in [-0.25, -0.2) is 4.79 Å². The number of phenolic OH excluding ortho intramolecular Hbond substituents is 1. The van der Waals surface area contributed by atoms with Crippen molar-refractivity contribution in [3.8, 4) is 16.9 Å². The number of carboxylic acid groups (broad SMARTS) is 2. The van der Waals surface area contributed by atoms with Crippen LogP contribution >= 0.6 is 0 Å². The van der Waals surface area contributed by atoms with Gasteiger partial charge in [-0.05, 0) is 23.3 Å². The highest BCUT2D eigenvalue weighted by molar-refractivity contribution is 5.62. The predicted molar refractivity (Wildman–Crippen MR) is 117 cm³/mol. The van der Waals surface area contributed by atoms with Gasteiger partial charge in [-0.3, -0.25) is 0 Å². The van der Waals surface area contributed by atoms with Crippen molar-refractivity contribution in [2.75, 3.05) is 0 Å². The molecule has 148 valence electrons. The fraction of sp³-hybridized carbons (Fsp3) is 0. The number of rotatable bonds is 1. The molecule has 0 heterocycles. The van der Waals surface area contributed by atoms with Gasteiger partial charge in [0.15, 0.2) is 0 Å². The number of aromatic hydroxyl groups is 1. The molecule has 4 rings (SSSR count). The molecule has 4 aromatic carbocycles. The van der Waals surface area contributed by atoms with Crippen molar-refractivity contribution in [3.05, 3.63) is 127 Å². The first-order chi connectivity index (χ1) is 14.1. The van der Waals surface area contributed by atoms with Crippen molar-refractivity contribution in [1.29, 1.82) is 0 Å². The van der Waals surface area contributed by atoms with Crippen LogP contribution in [0.3, 0.4) is 0 Å².